The molecule has 4 rings (SSSR count). The topological polar surface area (TPSA) is 164 Å². The van der Waals surface area contributed by atoms with Gasteiger partial charge in [-0.2, -0.15) is 13.2 Å². The third-order valence-corrected chi connectivity index (χ3v) is 6.59. The van der Waals surface area contributed by atoms with Gasteiger partial charge in [-0.15, -0.1) is 0 Å². The number of carbonyl (C=O) groups excluding carboxylic acids is 2. The third-order valence-electron chi connectivity index (χ3n) is 6.59. The fourth-order valence-electron chi connectivity index (χ4n) is 4.31. The maximum Gasteiger partial charge on any atom is 0.490 e. The zero-order valence-corrected chi connectivity index (χ0v) is 23.6. The number of nitrogens with zero attached hydrogens (tertiary/aromatic N) is 1. The maximum absolute atomic E-state index is 15.0. The molecular weight excluding hydrogens is 635 g/mol. The Balaban J connectivity index is 0.000000738. The van der Waals surface area contributed by atoms with Gasteiger partial charge in [0.2, 0.25) is 0 Å². The van der Waals surface area contributed by atoms with Gasteiger partial charge in [-0.25, -0.2) is 22.4 Å². The van der Waals surface area contributed by atoms with E-state index in [2.05, 4.69) is 0 Å². The molecule has 0 amide bonds. The van der Waals surface area contributed by atoms with E-state index >= 15 is 8.78 Å². The second kappa shape index (κ2) is 14.9. The van der Waals surface area contributed by atoms with Crippen molar-refractivity contribution in [3.63, 3.8) is 0 Å². The predicted octanol–water partition coefficient (Wildman–Crippen LogP) is 4.42. The van der Waals surface area contributed by atoms with Crippen molar-refractivity contribution in [2.45, 2.75) is 50.4 Å². The molecular formula is C29H26F7N3O7. The molecule has 0 unspecified atom stereocenters. The number of aliphatic carboxylic acids is 1. The van der Waals surface area contributed by atoms with E-state index in [-0.39, 0.29) is 24.9 Å². The van der Waals surface area contributed by atoms with E-state index in [0.717, 1.165) is 62.1 Å². The Kier molecular flexibility index (Phi) is 11.5. The van der Waals surface area contributed by atoms with Crippen LogP contribution in [0.3, 0.4) is 0 Å². The molecule has 0 bridgehead atoms. The summed E-state index contributed by atoms with van der Waals surface area (Å²) in [6, 6.07) is 4.64. The third kappa shape index (κ3) is 8.83. The number of carboxylic acid groups (broad SMARTS) is 1. The van der Waals surface area contributed by atoms with Crippen LogP contribution in [0.4, 0.5) is 36.6 Å². The van der Waals surface area contributed by atoms with Crippen LogP contribution in [0.25, 0.3) is 5.69 Å². The van der Waals surface area contributed by atoms with E-state index in [9.17, 15) is 36.3 Å². The number of anilines is 1. The predicted molar refractivity (Wildman–Crippen MR) is 146 cm³/mol. The van der Waals surface area contributed by atoms with Crippen molar-refractivity contribution < 1.29 is 59.7 Å². The number of carbonyl (C=O) groups is 3. The van der Waals surface area contributed by atoms with E-state index in [1.54, 1.807) is 0 Å². The number of alkyl halides is 3. The number of carboxylic acids is 1. The lowest BCUT2D eigenvalue weighted by atomic mass is 10.0. The molecule has 0 spiro atoms. The number of halogens is 7. The van der Waals surface area contributed by atoms with Crippen LogP contribution < -0.4 is 21.8 Å². The quantitative estimate of drug-likeness (QED) is 0.171. The molecule has 1 aliphatic carbocycles. The van der Waals surface area contributed by atoms with Crippen LogP contribution in [0.2, 0.25) is 0 Å². The highest BCUT2D eigenvalue weighted by Crippen LogP contribution is 2.27. The molecule has 46 heavy (non-hydrogen) atoms. The Hall–Kier alpha value is -4.93. The van der Waals surface area contributed by atoms with E-state index < -0.39 is 81.4 Å². The first-order valence-corrected chi connectivity index (χ1v) is 13.4. The van der Waals surface area contributed by atoms with Crippen molar-refractivity contribution in [1.29, 1.82) is 0 Å². The smallest absolute Gasteiger partial charge is 0.490 e. The standard InChI is InChI=1S/C27H25F4N3O5.C2HF3O2/c28-14-5-6-17(19(29)11-14)25(36)18-7-8-23(35)34(26(18)33)24-20(30)12-16(13-21(24)31)38-10-9-22(32)27(37)39-15-3-1-2-4-15;3-2(4,5)1(6)7/h5-8,11-13,15,22H,1-4,9-10,32-33H2;(H,6,7)/t22-;/m1./s1. The van der Waals surface area contributed by atoms with Gasteiger partial charge in [0, 0.05) is 30.7 Å². The number of aromatic nitrogens is 1. The summed E-state index contributed by atoms with van der Waals surface area (Å²) in [5.41, 5.74) is 8.91. The van der Waals surface area contributed by atoms with Crippen LogP contribution in [0, 0.1) is 23.3 Å². The summed E-state index contributed by atoms with van der Waals surface area (Å²) in [6.07, 6.45) is -1.68. The van der Waals surface area contributed by atoms with E-state index in [4.69, 9.17) is 30.8 Å². The van der Waals surface area contributed by atoms with Gasteiger partial charge in [0.1, 0.15) is 41.0 Å². The van der Waals surface area contributed by atoms with E-state index in [1.807, 2.05) is 0 Å². The highest BCUT2D eigenvalue weighted by molar-refractivity contribution is 6.11. The number of ketones is 1. The molecule has 0 radical (unpaired) electrons. The van der Waals surface area contributed by atoms with Gasteiger partial charge in [0.25, 0.3) is 5.56 Å². The van der Waals surface area contributed by atoms with Gasteiger partial charge in [0.15, 0.2) is 17.4 Å². The second-order valence-corrected chi connectivity index (χ2v) is 9.88. The summed E-state index contributed by atoms with van der Waals surface area (Å²) in [7, 11) is 0. The SMILES string of the molecule is Nc1c(C(=O)c2ccc(F)cc2F)ccc(=O)n1-c1c(F)cc(OCC[C@@H](N)C(=O)OC2CCCC2)cc1F.O=C(O)C(F)(F)F. The normalized spacial score (nSPS) is 13.8. The Morgan fingerprint density at radius 3 is 2.04 bits per heavy atom. The summed E-state index contributed by atoms with van der Waals surface area (Å²) in [6.45, 7) is -0.158. The number of hydrogen-bond donors (Lipinski definition) is 3. The molecule has 1 aliphatic rings. The lowest BCUT2D eigenvalue weighted by Gasteiger charge is -2.17. The zero-order chi connectivity index (χ0) is 34.3. The minimum atomic E-state index is -5.08. The lowest BCUT2D eigenvalue weighted by Crippen LogP contribution is -2.35. The Morgan fingerprint density at radius 2 is 1.50 bits per heavy atom. The first-order chi connectivity index (χ1) is 21.5. The van der Waals surface area contributed by atoms with Crippen LogP contribution in [0.1, 0.15) is 48.0 Å². The fraction of sp³-hybridized carbons (Fsp3) is 0.310. The summed E-state index contributed by atoms with van der Waals surface area (Å²) < 4.78 is 100. The number of nitrogen functional groups attached to an aromatic ring is 1. The lowest BCUT2D eigenvalue weighted by molar-refractivity contribution is -0.192. The average molecular weight is 662 g/mol. The number of benzene rings is 2. The molecule has 248 valence electrons. The van der Waals surface area contributed by atoms with Crippen LogP contribution in [-0.2, 0) is 14.3 Å². The summed E-state index contributed by atoms with van der Waals surface area (Å²) in [4.78, 5) is 46.3. The van der Waals surface area contributed by atoms with Crippen molar-refractivity contribution in [2.75, 3.05) is 12.3 Å². The first-order valence-electron chi connectivity index (χ1n) is 13.4. The van der Waals surface area contributed by atoms with Crippen molar-refractivity contribution in [3.8, 4) is 11.4 Å². The second-order valence-electron chi connectivity index (χ2n) is 9.88. The number of nitrogens with two attached hydrogens (primary N) is 2. The molecule has 1 heterocycles. The van der Waals surface area contributed by atoms with Crippen LogP contribution in [-0.4, -0.2) is 52.3 Å². The molecule has 3 aromatic rings. The van der Waals surface area contributed by atoms with Crippen LogP contribution in [0.15, 0.2) is 47.3 Å². The fourth-order valence-corrected chi connectivity index (χ4v) is 4.31. The maximum atomic E-state index is 15.0. The Bertz CT molecular complexity index is 1650. The number of rotatable bonds is 9. The Morgan fingerprint density at radius 1 is 0.935 bits per heavy atom. The highest BCUT2D eigenvalue weighted by Gasteiger charge is 2.38. The monoisotopic (exact) mass is 661 g/mol. The van der Waals surface area contributed by atoms with E-state index in [0.29, 0.717) is 10.6 Å². The van der Waals surface area contributed by atoms with Gasteiger partial charge < -0.3 is 26.0 Å². The molecule has 1 aromatic heterocycles. The van der Waals surface area contributed by atoms with Gasteiger partial charge >= 0.3 is 18.1 Å². The summed E-state index contributed by atoms with van der Waals surface area (Å²) >= 11 is 0. The van der Waals surface area contributed by atoms with E-state index in [1.165, 1.54) is 0 Å². The average Bonchev–Trinajstić information content (AvgIpc) is 3.47. The van der Waals surface area contributed by atoms with Gasteiger partial charge in [-0.1, -0.05) is 0 Å². The van der Waals surface area contributed by atoms with Crippen molar-refractivity contribution in [1.82, 2.24) is 4.57 Å². The molecule has 5 N–H and O–H groups in total. The van der Waals surface area contributed by atoms with Gasteiger partial charge in [-0.3, -0.25) is 19.0 Å². The Labute approximate surface area is 255 Å². The number of esters is 1. The molecule has 2 aromatic carbocycles. The molecule has 0 aliphatic heterocycles. The van der Waals surface area contributed by atoms with Crippen LogP contribution in [0.5, 0.6) is 5.75 Å². The zero-order valence-electron chi connectivity index (χ0n) is 23.6. The number of ether oxygens (including phenoxy) is 2. The highest BCUT2D eigenvalue weighted by atomic mass is 19.4. The molecule has 17 heteroatoms. The number of hydrogen-bond acceptors (Lipinski definition) is 8. The van der Waals surface area contributed by atoms with Crippen molar-refractivity contribution in [2.24, 2.45) is 5.73 Å². The van der Waals surface area contributed by atoms with Crippen molar-refractivity contribution >= 4 is 23.5 Å². The largest absolute Gasteiger partial charge is 0.493 e. The first kappa shape index (κ1) is 35.5. The minimum Gasteiger partial charge on any atom is -0.493 e. The van der Waals surface area contributed by atoms with Crippen LogP contribution >= 0.6 is 0 Å². The number of pyridine rings is 1. The molecule has 10 nitrogen and oxygen atoms in total. The molecule has 1 saturated carbocycles. The minimum absolute atomic E-state index is 0.0209. The summed E-state index contributed by atoms with van der Waals surface area (Å²) in [5, 5.41) is 7.12. The molecule has 0 saturated heterocycles. The van der Waals surface area contributed by atoms with Gasteiger partial charge in [0.05, 0.1) is 17.7 Å². The molecule has 1 atom stereocenters. The summed E-state index contributed by atoms with van der Waals surface area (Å²) in [5.74, 6) is -9.87. The van der Waals surface area contributed by atoms with Gasteiger partial charge in [-0.05, 0) is 43.9 Å². The van der Waals surface area contributed by atoms with Crippen molar-refractivity contribution in [3.05, 3.63) is 87.2 Å². The molecule has 1 fully saturated rings.